The Bertz CT molecular complexity index is 1010. The maximum Gasteiger partial charge on any atom is 0.249 e. The van der Waals surface area contributed by atoms with E-state index in [0.717, 1.165) is 47.6 Å². The third-order valence-electron chi connectivity index (χ3n) is 8.62. The summed E-state index contributed by atoms with van der Waals surface area (Å²) >= 11 is 0. The van der Waals surface area contributed by atoms with Crippen LogP contribution in [0.5, 0.6) is 5.75 Å². The number of methoxy groups -OCH3 is 1. The molecule has 0 radical (unpaired) electrons. The maximum absolute atomic E-state index is 12.9. The fourth-order valence-electron chi connectivity index (χ4n) is 6.23. The molecule has 8 heteroatoms. The van der Waals surface area contributed by atoms with E-state index in [2.05, 4.69) is 9.88 Å². The first-order valence-electron chi connectivity index (χ1n) is 13.5. The lowest BCUT2D eigenvalue weighted by Gasteiger charge is -2.41. The van der Waals surface area contributed by atoms with Gasteiger partial charge in [0, 0.05) is 18.1 Å². The monoisotopic (exact) mass is 498 g/mol. The Hall–Kier alpha value is -2.26. The van der Waals surface area contributed by atoms with Gasteiger partial charge in [-0.25, -0.2) is 5.48 Å². The van der Waals surface area contributed by atoms with E-state index in [0.29, 0.717) is 31.4 Å². The highest BCUT2D eigenvalue weighted by atomic mass is 16.5. The average molecular weight is 499 g/mol. The van der Waals surface area contributed by atoms with Crippen LogP contribution in [0.15, 0.2) is 24.4 Å². The van der Waals surface area contributed by atoms with Crippen LogP contribution in [0.1, 0.15) is 81.4 Å². The van der Waals surface area contributed by atoms with Gasteiger partial charge < -0.3 is 20.5 Å². The van der Waals surface area contributed by atoms with Gasteiger partial charge in [0.25, 0.3) is 0 Å². The van der Waals surface area contributed by atoms with Gasteiger partial charge in [-0.15, -0.1) is 0 Å². The number of benzene rings is 1. The molecule has 5 N–H and O–H groups in total. The number of aliphatic hydroxyl groups is 1. The van der Waals surface area contributed by atoms with Crippen LogP contribution in [0.2, 0.25) is 0 Å². The largest absolute Gasteiger partial charge is 0.497 e. The van der Waals surface area contributed by atoms with Crippen molar-refractivity contribution in [2.45, 2.75) is 76.9 Å². The first kappa shape index (κ1) is 26.8. The molecule has 4 rings (SSSR count). The summed E-state index contributed by atoms with van der Waals surface area (Å²) in [5.74, 6) is 1.18. The van der Waals surface area contributed by atoms with Gasteiger partial charge >= 0.3 is 0 Å². The minimum Gasteiger partial charge on any atom is -0.497 e. The number of nitrogens with zero attached hydrogens (tertiary/aromatic N) is 2. The molecular weight excluding hydrogens is 456 g/mol. The number of hydrogen-bond donors (Lipinski definition) is 4. The van der Waals surface area contributed by atoms with Gasteiger partial charge in [-0.3, -0.25) is 15.0 Å². The van der Waals surface area contributed by atoms with E-state index in [1.807, 2.05) is 23.7 Å². The number of amides is 1. The van der Waals surface area contributed by atoms with Crippen LogP contribution < -0.4 is 16.0 Å². The molecule has 1 aliphatic heterocycles. The van der Waals surface area contributed by atoms with E-state index in [1.165, 1.54) is 38.5 Å². The summed E-state index contributed by atoms with van der Waals surface area (Å²) in [5.41, 5.74) is 9.50. The number of nitrogens with two attached hydrogens (primary N) is 1. The molecule has 1 saturated heterocycles. The summed E-state index contributed by atoms with van der Waals surface area (Å²) in [5, 5.41) is 21.7. The number of fused-ring (bicyclic) bond motifs is 1. The van der Waals surface area contributed by atoms with Crippen LogP contribution in [0, 0.1) is 11.3 Å². The van der Waals surface area contributed by atoms with Gasteiger partial charge in [-0.2, -0.15) is 0 Å². The van der Waals surface area contributed by atoms with Crippen molar-refractivity contribution in [3.8, 4) is 5.75 Å². The van der Waals surface area contributed by atoms with E-state index in [-0.39, 0.29) is 12.5 Å². The number of aliphatic hydroxyl groups excluding tert-OH is 1. The van der Waals surface area contributed by atoms with Crippen LogP contribution in [0.4, 0.5) is 0 Å². The van der Waals surface area contributed by atoms with Gasteiger partial charge in [0.1, 0.15) is 5.75 Å². The van der Waals surface area contributed by atoms with Crippen molar-refractivity contribution in [3.05, 3.63) is 35.5 Å². The molecule has 1 saturated carbocycles. The first-order valence-corrected chi connectivity index (χ1v) is 13.5. The summed E-state index contributed by atoms with van der Waals surface area (Å²) < 4.78 is 5.39. The fourth-order valence-corrected chi connectivity index (χ4v) is 6.23. The second-order valence-corrected chi connectivity index (χ2v) is 10.7. The Morgan fingerprint density at radius 2 is 2.03 bits per heavy atom. The van der Waals surface area contributed by atoms with Crippen molar-refractivity contribution < 1.29 is 19.8 Å². The van der Waals surface area contributed by atoms with Gasteiger partial charge in [0.15, 0.2) is 0 Å². The zero-order chi connectivity index (χ0) is 25.5. The molecular formula is C28H42N4O4. The Balaban J connectivity index is 1.44. The van der Waals surface area contributed by atoms with Crippen molar-refractivity contribution in [2.24, 2.45) is 17.1 Å². The predicted octanol–water partition coefficient (Wildman–Crippen LogP) is 4.07. The minimum absolute atomic E-state index is 0.255. The number of hydrogen-bond acceptors (Lipinski definition) is 7. The Morgan fingerprint density at radius 3 is 2.69 bits per heavy atom. The number of rotatable bonds is 10. The van der Waals surface area contributed by atoms with Crippen LogP contribution >= 0.6 is 0 Å². The first-order chi connectivity index (χ1) is 17.5. The number of likely N-dealkylation sites (tertiary alicyclic amines) is 1. The Morgan fingerprint density at radius 1 is 1.28 bits per heavy atom. The number of hydroxylamine groups is 1. The molecule has 2 aromatic rings. The molecule has 0 bridgehead atoms. The SMILES string of the molecule is COc1ccc2ncc(CN)c(C(O)CCC3(C(=O)NO)CCN(CCC4CCCCC4)CC3)c2c1. The standard InChI is InChI=1S/C28H42N4O4/c1-36-22-7-8-24-23(17-22)26(21(18-29)19-30-24)25(33)9-11-28(27(34)31-35)12-15-32(16-13-28)14-10-20-5-3-2-4-6-20/h7-8,17,19-20,25,33,35H,2-6,9-16,18,29H2,1H3,(H,31,34). The lowest BCUT2D eigenvalue weighted by atomic mass is 9.73. The zero-order valence-electron chi connectivity index (χ0n) is 21.5. The van der Waals surface area contributed by atoms with Crippen LogP contribution in [-0.2, 0) is 11.3 Å². The lowest BCUT2D eigenvalue weighted by Crippen LogP contribution is -2.48. The summed E-state index contributed by atoms with van der Waals surface area (Å²) in [7, 11) is 1.61. The van der Waals surface area contributed by atoms with Gasteiger partial charge in [0.2, 0.25) is 5.91 Å². The smallest absolute Gasteiger partial charge is 0.249 e. The molecule has 1 amide bonds. The fraction of sp³-hybridized carbons (Fsp3) is 0.643. The third-order valence-corrected chi connectivity index (χ3v) is 8.62. The molecule has 1 aliphatic carbocycles. The Kier molecular flexibility index (Phi) is 9.17. The number of aromatic nitrogens is 1. The highest BCUT2D eigenvalue weighted by molar-refractivity contribution is 5.85. The highest BCUT2D eigenvalue weighted by Gasteiger charge is 2.41. The molecule has 2 heterocycles. The lowest BCUT2D eigenvalue weighted by molar-refractivity contribution is -0.143. The number of nitrogens with one attached hydrogen (secondary N) is 1. The van der Waals surface area contributed by atoms with Crippen molar-refractivity contribution in [3.63, 3.8) is 0 Å². The van der Waals surface area contributed by atoms with Crippen molar-refractivity contribution in [1.82, 2.24) is 15.4 Å². The van der Waals surface area contributed by atoms with E-state index in [9.17, 15) is 15.1 Å². The second kappa shape index (κ2) is 12.3. The zero-order valence-corrected chi connectivity index (χ0v) is 21.5. The summed E-state index contributed by atoms with van der Waals surface area (Å²) in [4.78, 5) is 19.8. The molecule has 8 nitrogen and oxygen atoms in total. The van der Waals surface area contributed by atoms with E-state index in [1.54, 1.807) is 13.3 Å². The molecule has 2 fully saturated rings. The van der Waals surface area contributed by atoms with Crippen molar-refractivity contribution in [2.75, 3.05) is 26.7 Å². The molecule has 1 aromatic heterocycles. The molecule has 2 aliphatic rings. The number of carbonyl (C=O) groups is 1. The summed E-state index contributed by atoms with van der Waals surface area (Å²) in [6.07, 6.45) is 11.1. The molecule has 0 spiro atoms. The maximum atomic E-state index is 12.9. The number of piperidine rings is 1. The van der Waals surface area contributed by atoms with E-state index in [4.69, 9.17) is 10.5 Å². The summed E-state index contributed by atoms with van der Waals surface area (Å²) in [6, 6.07) is 5.59. The van der Waals surface area contributed by atoms with Gasteiger partial charge in [-0.05, 0) is 87.0 Å². The predicted molar refractivity (Wildman–Crippen MR) is 140 cm³/mol. The summed E-state index contributed by atoms with van der Waals surface area (Å²) in [6.45, 7) is 3.00. The van der Waals surface area contributed by atoms with Crippen LogP contribution in [0.25, 0.3) is 10.9 Å². The molecule has 36 heavy (non-hydrogen) atoms. The number of ether oxygens (including phenoxy) is 1. The number of carbonyl (C=O) groups excluding carboxylic acids is 1. The Labute approximate surface area is 214 Å². The van der Waals surface area contributed by atoms with Gasteiger partial charge in [0.05, 0.1) is 24.1 Å². The quantitative estimate of drug-likeness (QED) is 0.288. The molecule has 1 aromatic carbocycles. The van der Waals surface area contributed by atoms with Crippen LogP contribution in [-0.4, -0.2) is 52.8 Å². The van der Waals surface area contributed by atoms with E-state index < -0.39 is 11.5 Å². The number of pyridine rings is 1. The van der Waals surface area contributed by atoms with Crippen LogP contribution in [0.3, 0.4) is 0 Å². The van der Waals surface area contributed by atoms with Gasteiger partial charge in [-0.1, -0.05) is 32.1 Å². The van der Waals surface area contributed by atoms with Crippen molar-refractivity contribution in [1.29, 1.82) is 0 Å². The van der Waals surface area contributed by atoms with E-state index >= 15 is 0 Å². The second-order valence-electron chi connectivity index (χ2n) is 10.7. The normalized spacial score (nSPS) is 19.8. The highest BCUT2D eigenvalue weighted by Crippen LogP contribution is 2.40. The topological polar surface area (TPSA) is 121 Å². The minimum atomic E-state index is -0.811. The molecule has 1 unspecified atom stereocenters. The third kappa shape index (κ3) is 5.99. The average Bonchev–Trinajstić information content (AvgIpc) is 2.94. The molecule has 1 atom stereocenters. The van der Waals surface area contributed by atoms with Crippen molar-refractivity contribution >= 4 is 16.8 Å². The molecule has 198 valence electrons.